The molecule has 0 unspecified atom stereocenters. The molecule has 110 valence electrons. The van der Waals surface area contributed by atoms with Crippen LogP contribution in [0.15, 0.2) is 41.6 Å². The van der Waals surface area contributed by atoms with E-state index in [1.807, 2.05) is 0 Å². The maximum absolute atomic E-state index is 12.3. The molecule has 0 bridgehead atoms. The van der Waals surface area contributed by atoms with Crippen molar-refractivity contribution in [1.82, 2.24) is 4.98 Å². The molecule has 0 atom stereocenters. The Hall–Kier alpha value is -2.28. The van der Waals surface area contributed by atoms with Crippen LogP contribution in [0.5, 0.6) is 5.75 Å². The first-order valence-electron chi connectivity index (χ1n) is 5.67. The van der Waals surface area contributed by atoms with E-state index in [1.54, 1.807) is 6.07 Å². The summed E-state index contributed by atoms with van der Waals surface area (Å²) in [6.45, 7) is 0. The number of nitrogens with one attached hydrogen (secondary N) is 1. The van der Waals surface area contributed by atoms with Crippen LogP contribution < -0.4 is 5.43 Å². The van der Waals surface area contributed by atoms with Gasteiger partial charge < -0.3 is 5.11 Å². The Morgan fingerprint density at radius 2 is 2.00 bits per heavy atom. The van der Waals surface area contributed by atoms with E-state index in [2.05, 4.69) is 15.5 Å². The lowest BCUT2D eigenvalue weighted by molar-refractivity contribution is -0.137. The molecular weight excluding hydrogens is 307 g/mol. The first-order valence-corrected chi connectivity index (χ1v) is 6.05. The average Bonchev–Trinajstić information content (AvgIpc) is 2.42. The molecule has 0 fully saturated rings. The second-order valence-corrected chi connectivity index (χ2v) is 4.42. The fourth-order valence-electron chi connectivity index (χ4n) is 1.40. The lowest BCUT2D eigenvalue weighted by atomic mass is 10.2. The zero-order chi connectivity index (χ0) is 15.5. The second kappa shape index (κ2) is 6.01. The molecule has 0 saturated carbocycles. The highest BCUT2D eigenvalue weighted by Gasteiger charge is 2.30. The van der Waals surface area contributed by atoms with Gasteiger partial charge in [0.15, 0.2) is 0 Å². The predicted molar refractivity (Wildman–Crippen MR) is 73.6 cm³/mol. The molecule has 2 N–H and O–H groups in total. The minimum Gasteiger partial charge on any atom is -0.506 e. The Morgan fingerprint density at radius 3 is 2.57 bits per heavy atom. The number of hydrogen-bond acceptors (Lipinski definition) is 4. The number of aromatic nitrogens is 1. The minimum absolute atomic E-state index is 0.0498. The van der Waals surface area contributed by atoms with E-state index < -0.39 is 11.7 Å². The standard InChI is InChI=1S/C13H9ClF3N3O/c14-10-5-8(1-3-11(10)21)6-19-20-12-4-2-9(7-18-12)13(15,16)17/h1-7,21H,(H,18,20)/b19-6-. The number of anilines is 1. The van der Waals surface area contributed by atoms with Crippen molar-refractivity contribution in [2.24, 2.45) is 5.10 Å². The van der Waals surface area contributed by atoms with Crippen molar-refractivity contribution in [3.63, 3.8) is 0 Å². The first-order chi connectivity index (χ1) is 9.86. The van der Waals surface area contributed by atoms with Gasteiger partial charge in [-0.2, -0.15) is 18.3 Å². The van der Waals surface area contributed by atoms with Gasteiger partial charge in [0, 0.05) is 6.20 Å². The van der Waals surface area contributed by atoms with Crippen molar-refractivity contribution in [3.05, 3.63) is 52.7 Å². The number of hydrogen-bond donors (Lipinski definition) is 2. The molecular formula is C13H9ClF3N3O. The molecule has 4 nitrogen and oxygen atoms in total. The van der Waals surface area contributed by atoms with Crippen LogP contribution in [0.1, 0.15) is 11.1 Å². The van der Waals surface area contributed by atoms with E-state index >= 15 is 0 Å². The van der Waals surface area contributed by atoms with Gasteiger partial charge in [0.25, 0.3) is 0 Å². The van der Waals surface area contributed by atoms with Gasteiger partial charge in [-0.3, -0.25) is 5.43 Å². The van der Waals surface area contributed by atoms with Crippen molar-refractivity contribution in [3.8, 4) is 5.75 Å². The lowest BCUT2D eigenvalue weighted by Gasteiger charge is -2.06. The molecule has 0 aliphatic rings. The number of benzene rings is 1. The fraction of sp³-hybridized carbons (Fsp3) is 0.0769. The van der Waals surface area contributed by atoms with Gasteiger partial charge in [0.05, 0.1) is 16.8 Å². The van der Waals surface area contributed by atoms with E-state index in [1.165, 1.54) is 24.4 Å². The number of alkyl halides is 3. The predicted octanol–water partition coefficient (Wildman–Crippen LogP) is 3.91. The largest absolute Gasteiger partial charge is 0.506 e. The highest BCUT2D eigenvalue weighted by molar-refractivity contribution is 6.32. The summed E-state index contributed by atoms with van der Waals surface area (Å²) in [5.41, 5.74) is 2.27. The van der Waals surface area contributed by atoms with Gasteiger partial charge in [-0.25, -0.2) is 4.98 Å². The number of pyridine rings is 1. The van der Waals surface area contributed by atoms with Crippen molar-refractivity contribution < 1.29 is 18.3 Å². The van der Waals surface area contributed by atoms with E-state index in [-0.39, 0.29) is 16.6 Å². The van der Waals surface area contributed by atoms with E-state index in [0.717, 1.165) is 12.3 Å². The van der Waals surface area contributed by atoms with Gasteiger partial charge in [0.2, 0.25) is 0 Å². The number of phenolic OH excluding ortho intramolecular Hbond substituents is 1. The smallest absolute Gasteiger partial charge is 0.417 e. The maximum atomic E-state index is 12.3. The van der Waals surface area contributed by atoms with Crippen LogP contribution in [-0.4, -0.2) is 16.3 Å². The Labute approximate surface area is 122 Å². The molecule has 1 heterocycles. The zero-order valence-electron chi connectivity index (χ0n) is 10.4. The molecule has 0 aliphatic carbocycles. The summed E-state index contributed by atoms with van der Waals surface area (Å²) < 4.78 is 37.0. The van der Waals surface area contributed by atoms with Crippen molar-refractivity contribution in [2.45, 2.75) is 6.18 Å². The normalized spacial score (nSPS) is 11.8. The Balaban J connectivity index is 2.02. The summed E-state index contributed by atoms with van der Waals surface area (Å²) in [4.78, 5) is 3.60. The van der Waals surface area contributed by atoms with Crippen molar-refractivity contribution in [1.29, 1.82) is 0 Å². The van der Waals surface area contributed by atoms with Crippen LogP contribution in [0.4, 0.5) is 19.0 Å². The van der Waals surface area contributed by atoms with Crippen LogP contribution in [0, 0.1) is 0 Å². The van der Waals surface area contributed by atoms with Gasteiger partial charge >= 0.3 is 6.18 Å². The first kappa shape index (κ1) is 15.1. The summed E-state index contributed by atoms with van der Waals surface area (Å²) in [5, 5.41) is 13.2. The lowest BCUT2D eigenvalue weighted by Crippen LogP contribution is -2.05. The molecule has 21 heavy (non-hydrogen) atoms. The SMILES string of the molecule is Oc1ccc(/C=N\Nc2ccc(C(F)(F)F)cn2)cc1Cl. The summed E-state index contributed by atoms with van der Waals surface area (Å²) in [5.74, 6) is 0.121. The Kier molecular flexibility index (Phi) is 4.32. The molecule has 2 aromatic rings. The van der Waals surface area contributed by atoms with Crippen molar-refractivity contribution in [2.75, 3.05) is 5.43 Å². The number of nitrogens with zero attached hydrogens (tertiary/aromatic N) is 2. The van der Waals surface area contributed by atoms with Crippen molar-refractivity contribution >= 4 is 23.6 Å². The van der Waals surface area contributed by atoms with Crippen LogP contribution in [0.2, 0.25) is 5.02 Å². The number of hydrazone groups is 1. The van der Waals surface area contributed by atoms with Gasteiger partial charge in [-0.15, -0.1) is 0 Å². The van der Waals surface area contributed by atoms with Gasteiger partial charge in [-0.05, 0) is 35.9 Å². The van der Waals surface area contributed by atoms with Crippen LogP contribution in [0.25, 0.3) is 0 Å². The summed E-state index contributed by atoms with van der Waals surface area (Å²) in [6, 6.07) is 6.54. The van der Waals surface area contributed by atoms with Crippen LogP contribution >= 0.6 is 11.6 Å². The Morgan fingerprint density at radius 1 is 1.24 bits per heavy atom. The third kappa shape index (κ3) is 4.09. The fourth-order valence-corrected chi connectivity index (χ4v) is 1.59. The molecule has 8 heteroatoms. The molecule has 0 saturated heterocycles. The number of rotatable bonds is 3. The van der Waals surface area contributed by atoms with E-state index in [4.69, 9.17) is 11.6 Å². The topological polar surface area (TPSA) is 57.5 Å². The quantitative estimate of drug-likeness (QED) is 0.667. The van der Waals surface area contributed by atoms with E-state index in [9.17, 15) is 18.3 Å². The molecule has 0 spiro atoms. The minimum atomic E-state index is -4.42. The van der Waals surface area contributed by atoms with Gasteiger partial charge in [-0.1, -0.05) is 11.6 Å². The number of aromatic hydroxyl groups is 1. The van der Waals surface area contributed by atoms with E-state index in [0.29, 0.717) is 5.56 Å². The van der Waals surface area contributed by atoms with Gasteiger partial charge in [0.1, 0.15) is 11.6 Å². The Bertz CT molecular complexity index is 657. The summed E-state index contributed by atoms with van der Waals surface area (Å²) in [7, 11) is 0. The second-order valence-electron chi connectivity index (χ2n) is 4.01. The summed E-state index contributed by atoms with van der Waals surface area (Å²) >= 11 is 5.72. The number of phenols is 1. The highest BCUT2D eigenvalue weighted by atomic mass is 35.5. The third-order valence-corrected chi connectivity index (χ3v) is 2.76. The molecule has 0 amide bonds. The monoisotopic (exact) mass is 315 g/mol. The maximum Gasteiger partial charge on any atom is 0.417 e. The third-order valence-electron chi connectivity index (χ3n) is 2.46. The molecule has 0 radical (unpaired) electrons. The molecule has 2 rings (SSSR count). The molecule has 1 aromatic heterocycles. The van der Waals surface area contributed by atoms with Crippen LogP contribution in [-0.2, 0) is 6.18 Å². The highest BCUT2D eigenvalue weighted by Crippen LogP contribution is 2.28. The molecule has 0 aliphatic heterocycles. The number of halogens is 4. The summed E-state index contributed by atoms with van der Waals surface area (Å²) in [6.07, 6.45) is -2.31. The zero-order valence-corrected chi connectivity index (χ0v) is 11.2. The molecule has 1 aromatic carbocycles. The van der Waals surface area contributed by atoms with Crippen LogP contribution in [0.3, 0.4) is 0 Å². The average molecular weight is 316 g/mol.